The Morgan fingerprint density at radius 1 is 1.22 bits per heavy atom. The van der Waals surface area contributed by atoms with E-state index in [0.717, 1.165) is 29.8 Å². The number of hydrogen-bond acceptors (Lipinski definition) is 4. The van der Waals surface area contributed by atoms with Crippen molar-refractivity contribution in [1.29, 1.82) is 0 Å². The molecule has 0 bridgehead atoms. The first-order chi connectivity index (χ1) is 13.1. The third kappa shape index (κ3) is 3.25. The Labute approximate surface area is 160 Å². The number of phenolic OH excluding ortho intramolecular Hbond substituents is 1. The molecule has 4 atom stereocenters. The summed E-state index contributed by atoms with van der Waals surface area (Å²) in [4.78, 5) is 0. The number of methoxy groups -OCH3 is 1. The lowest BCUT2D eigenvalue weighted by Gasteiger charge is -2.37. The Morgan fingerprint density at radius 3 is 2.81 bits per heavy atom. The summed E-state index contributed by atoms with van der Waals surface area (Å²) in [7, 11) is 1.57. The Balaban J connectivity index is 1.67. The summed E-state index contributed by atoms with van der Waals surface area (Å²) in [6, 6.07) is 12.2. The zero-order chi connectivity index (χ0) is 19.0. The standard InChI is InChI=1S/C23H27NO3/c1-4-14(2)27-16-9-10-20-19(13-16)17-6-5-7-18(17)23(24-20)15-8-11-22(26-3)21(25)12-15/h5-6,8-14,17-18,23-25H,4,7H2,1-3H3. The van der Waals surface area contributed by atoms with E-state index < -0.39 is 0 Å². The van der Waals surface area contributed by atoms with Crippen LogP contribution in [0.3, 0.4) is 0 Å². The minimum absolute atomic E-state index is 0.149. The van der Waals surface area contributed by atoms with Crippen LogP contribution in [0, 0.1) is 5.92 Å². The van der Waals surface area contributed by atoms with Crippen molar-refractivity contribution >= 4 is 5.69 Å². The third-order valence-corrected chi connectivity index (χ3v) is 5.81. The summed E-state index contributed by atoms with van der Waals surface area (Å²) >= 11 is 0. The lowest BCUT2D eigenvalue weighted by atomic mass is 9.77. The van der Waals surface area contributed by atoms with E-state index in [1.807, 2.05) is 24.3 Å². The molecule has 2 aromatic carbocycles. The molecule has 142 valence electrons. The summed E-state index contributed by atoms with van der Waals surface area (Å²) in [6.07, 6.45) is 6.80. The van der Waals surface area contributed by atoms with Crippen molar-refractivity contribution in [3.05, 3.63) is 59.7 Å². The van der Waals surface area contributed by atoms with Crippen LogP contribution in [-0.4, -0.2) is 18.3 Å². The van der Waals surface area contributed by atoms with Crippen LogP contribution in [0.2, 0.25) is 0 Å². The van der Waals surface area contributed by atoms with Gasteiger partial charge in [0.2, 0.25) is 0 Å². The quantitative estimate of drug-likeness (QED) is 0.696. The summed E-state index contributed by atoms with van der Waals surface area (Å²) in [6.45, 7) is 4.23. The minimum Gasteiger partial charge on any atom is -0.504 e. The number of allylic oxidation sites excluding steroid dienone is 2. The van der Waals surface area contributed by atoms with E-state index in [9.17, 15) is 5.11 Å². The van der Waals surface area contributed by atoms with Gasteiger partial charge in [0.25, 0.3) is 0 Å². The van der Waals surface area contributed by atoms with Crippen molar-refractivity contribution in [3.8, 4) is 17.2 Å². The van der Waals surface area contributed by atoms with Gasteiger partial charge >= 0.3 is 0 Å². The van der Waals surface area contributed by atoms with Gasteiger partial charge in [0.05, 0.1) is 19.3 Å². The van der Waals surface area contributed by atoms with E-state index in [4.69, 9.17) is 9.47 Å². The molecule has 1 aliphatic heterocycles. The second-order valence-electron chi connectivity index (χ2n) is 7.49. The molecule has 2 N–H and O–H groups in total. The number of rotatable bonds is 5. The van der Waals surface area contributed by atoms with E-state index >= 15 is 0 Å². The van der Waals surface area contributed by atoms with E-state index in [-0.39, 0.29) is 17.9 Å². The van der Waals surface area contributed by atoms with Crippen molar-refractivity contribution in [2.24, 2.45) is 5.92 Å². The van der Waals surface area contributed by atoms with Gasteiger partial charge < -0.3 is 19.9 Å². The molecule has 0 radical (unpaired) electrons. The number of phenols is 1. The fraction of sp³-hybridized carbons (Fsp3) is 0.391. The van der Waals surface area contributed by atoms with Crippen molar-refractivity contribution in [2.75, 3.05) is 12.4 Å². The van der Waals surface area contributed by atoms with E-state index in [0.29, 0.717) is 17.6 Å². The number of benzene rings is 2. The summed E-state index contributed by atoms with van der Waals surface area (Å²) < 4.78 is 11.2. The van der Waals surface area contributed by atoms with Crippen molar-refractivity contribution in [1.82, 2.24) is 0 Å². The molecule has 4 rings (SSSR count). The van der Waals surface area contributed by atoms with Crippen LogP contribution in [0.1, 0.15) is 49.8 Å². The van der Waals surface area contributed by atoms with Crippen LogP contribution in [0.5, 0.6) is 17.2 Å². The molecule has 0 fully saturated rings. The molecule has 0 spiro atoms. The Hall–Kier alpha value is -2.62. The summed E-state index contributed by atoms with van der Waals surface area (Å²) in [5.74, 6) is 2.40. The number of fused-ring (bicyclic) bond motifs is 3. The first-order valence-electron chi connectivity index (χ1n) is 9.71. The van der Waals surface area contributed by atoms with Gasteiger partial charge in [-0.2, -0.15) is 0 Å². The molecule has 27 heavy (non-hydrogen) atoms. The molecule has 0 aromatic heterocycles. The van der Waals surface area contributed by atoms with Crippen LogP contribution in [0.25, 0.3) is 0 Å². The number of aromatic hydroxyl groups is 1. The monoisotopic (exact) mass is 365 g/mol. The number of anilines is 1. The summed E-state index contributed by atoms with van der Waals surface area (Å²) in [5.41, 5.74) is 3.51. The van der Waals surface area contributed by atoms with Crippen LogP contribution >= 0.6 is 0 Å². The molecule has 0 saturated carbocycles. The highest BCUT2D eigenvalue weighted by molar-refractivity contribution is 5.62. The molecule has 2 aromatic rings. The molecule has 1 aliphatic carbocycles. The molecule has 2 aliphatic rings. The molecule has 4 nitrogen and oxygen atoms in total. The highest BCUT2D eigenvalue weighted by Gasteiger charge is 2.38. The largest absolute Gasteiger partial charge is 0.504 e. The topological polar surface area (TPSA) is 50.7 Å². The van der Waals surface area contributed by atoms with Gasteiger partial charge in [-0.1, -0.05) is 25.1 Å². The second-order valence-corrected chi connectivity index (χ2v) is 7.49. The maximum Gasteiger partial charge on any atom is 0.160 e. The smallest absolute Gasteiger partial charge is 0.160 e. The van der Waals surface area contributed by atoms with Gasteiger partial charge in [0.15, 0.2) is 11.5 Å². The van der Waals surface area contributed by atoms with Gasteiger partial charge in [-0.05, 0) is 67.1 Å². The van der Waals surface area contributed by atoms with Gasteiger partial charge in [-0.15, -0.1) is 0 Å². The van der Waals surface area contributed by atoms with Crippen LogP contribution in [0.15, 0.2) is 48.6 Å². The van der Waals surface area contributed by atoms with Gasteiger partial charge in [0, 0.05) is 11.6 Å². The first-order valence-corrected chi connectivity index (χ1v) is 9.71. The minimum atomic E-state index is 0.149. The van der Waals surface area contributed by atoms with Crippen LogP contribution in [0.4, 0.5) is 5.69 Å². The lowest BCUT2D eigenvalue weighted by Crippen LogP contribution is -2.29. The fourth-order valence-corrected chi connectivity index (χ4v) is 4.19. The van der Waals surface area contributed by atoms with Gasteiger partial charge in [-0.25, -0.2) is 0 Å². The second kappa shape index (κ2) is 7.18. The number of hydrogen-bond donors (Lipinski definition) is 2. The normalized spacial score (nSPS) is 23.9. The zero-order valence-electron chi connectivity index (χ0n) is 16.1. The molecule has 4 unspecified atom stereocenters. The lowest BCUT2D eigenvalue weighted by molar-refractivity contribution is 0.217. The number of ether oxygens (including phenoxy) is 2. The highest BCUT2D eigenvalue weighted by Crippen LogP contribution is 2.51. The van der Waals surface area contributed by atoms with Crippen molar-refractivity contribution in [3.63, 3.8) is 0 Å². The zero-order valence-corrected chi connectivity index (χ0v) is 16.1. The fourth-order valence-electron chi connectivity index (χ4n) is 4.19. The average Bonchev–Trinajstić information content (AvgIpc) is 3.17. The molecule has 0 saturated heterocycles. The predicted octanol–water partition coefficient (Wildman–Crippen LogP) is 5.40. The maximum atomic E-state index is 10.2. The molecular weight excluding hydrogens is 338 g/mol. The predicted molar refractivity (Wildman–Crippen MR) is 108 cm³/mol. The van der Waals surface area contributed by atoms with Gasteiger partial charge in [-0.3, -0.25) is 0 Å². The van der Waals surface area contributed by atoms with E-state index in [2.05, 4.69) is 43.4 Å². The first kappa shape index (κ1) is 17.8. The maximum absolute atomic E-state index is 10.2. The number of nitrogens with one attached hydrogen (secondary N) is 1. The van der Waals surface area contributed by atoms with E-state index in [1.165, 1.54) is 5.56 Å². The Bertz CT molecular complexity index is 861. The highest BCUT2D eigenvalue weighted by atomic mass is 16.5. The van der Waals surface area contributed by atoms with Crippen molar-refractivity contribution in [2.45, 2.75) is 44.8 Å². The van der Waals surface area contributed by atoms with Crippen LogP contribution in [-0.2, 0) is 0 Å². The Kier molecular flexibility index (Phi) is 4.73. The van der Waals surface area contributed by atoms with Crippen molar-refractivity contribution < 1.29 is 14.6 Å². The Morgan fingerprint density at radius 2 is 2.07 bits per heavy atom. The third-order valence-electron chi connectivity index (χ3n) is 5.81. The van der Waals surface area contributed by atoms with Gasteiger partial charge in [0.1, 0.15) is 5.75 Å². The average molecular weight is 365 g/mol. The van der Waals surface area contributed by atoms with E-state index in [1.54, 1.807) is 7.11 Å². The molecule has 4 heteroatoms. The molecule has 0 amide bonds. The van der Waals surface area contributed by atoms with Crippen LogP contribution < -0.4 is 14.8 Å². The SMILES string of the molecule is CCC(C)Oc1ccc2c(c1)C1C=CCC1C(c1ccc(OC)c(O)c1)N2. The molecule has 1 heterocycles. The molecular formula is C23H27NO3. The summed E-state index contributed by atoms with van der Waals surface area (Å²) in [5, 5.41) is 13.9.